The molecular weight excluding hydrogens is 294 g/mol. The van der Waals surface area contributed by atoms with Gasteiger partial charge in [0.25, 0.3) is 5.91 Å². The summed E-state index contributed by atoms with van der Waals surface area (Å²) in [5, 5.41) is 2.34. The molecule has 0 saturated heterocycles. The number of nitrogens with one attached hydrogen (secondary N) is 1. The topological polar surface area (TPSA) is 89.5 Å². The number of rotatable bonds is 6. The molecule has 1 aromatic rings. The SMILES string of the molecule is CNC(=O)[C@@H](C)OC(=O)CCS(=O)(=O)c1ccc(C)cc1. The van der Waals surface area contributed by atoms with E-state index >= 15 is 0 Å². The quantitative estimate of drug-likeness (QED) is 0.786. The zero-order chi connectivity index (χ0) is 16.0. The smallest absolute Gasteiger partial charge is 0.307 e. The van der Waals surface area contributed by atoms with Gasteiger partial charge in [0.05, 0.1) is 17.1 Å². The lowest BCUT2D eigenvalue weighted by molar-refractivity contribution is -0.154. The van der Waals surface area contributed by atoms with E-state index in [4.69, 9.17) is 4.74 Å². The van der Waals surface area contributed by atoms with Gasteiger partial charge in [-0.25, -0.2) is 8.42 Å². The minimum atomic E-state index is -3.54. The Morgan fingerprint density at radius 2 is 1.81 bits per heavy atom. The standard InChI is InChI=1S/C14H19NO5S/c1-10-4-6-12(7-5-10)21(18,19)9-8-13(16)20-11(2)14(17)15-3/h4-7,11H,8-9H2,1-3H3,(H,15,17)/t11-/m1/s1. The van der Waals surface area contributed by atoms with Gasteiger partial charge in [0.15, 0.2) is 15.9 Å². The van der Waals surface area contributed by atoms with Gasteiger partial charge in [0, 0.05) is 7.05 Å². The highest BCUT2D eigenvalue weighted by Gasteiger charge is 2.20. The number of hydrogen-bond acceptors (Lipinski definition) is 5. The maximum absolute atomic E-state index is 12.0. The van der Waals surface area contributed by atoms with Crippen LogP contribution in [0.15, 0.2) is 29.2 Å². The minimum absolute atomic E-state index is 0.167. The maximum Gasteiger partial charge on any atom is 0.307 e. The second kappa shape index (κ2) is 7.21. The molecule has 0 aliphatic heterocycles. The maximum atomic E-state index is 12.0. The van der Waals surface area contributed by atoms with Crippen molar-refractivity contribution < 1.29 is 22.7 Å². The van der Waals surface area contributed by atoms with Crippen LogP contribution in [0.5, 0.6) is 0 Å². The van der Waals surface area contributed by atoms with Crippen LogP contribution in [0, 0.1) is 6.92 Å². The first kappa shape index (κ1) is 17.2. The average Bonchev–Trinajstić information content (AvgIpc) is 2.44. The molecule has 6 nitrogen and oxygen atoms in total. The van der Waals surface area contributed by atoms with Crippen LogP contribution in [0.4, 0.5) is 0 Å². The predicted octanol–water partition coefficient (Wildman–Crippen LogP) is 0.837. The van der Waals surface area contributed by atoms with E-state index in [1.807, 2.05) is 6.92 Å². The van der Waals surface area contributed by atoms with Gasteiger partial charge in [0.2, 0.25) is 0 Å². The average molecular weight is 313 g/mol. The highest BCUT2D eigenvalue weighted by molar-refractivity contribution is 7.91. The van der Waals surface area contributed by atoms with Gasteiger partial charge >= 0.3 is 5.97 Å². The summed E-state index contributed by atoms with van der Waals surface area (Å²) in [7, 11) is -2.11. The largest absolute Gasteiger partial charge is 0.453 e. The van der Waals surface area contributed by atoms with E-state index in [1.165, 1.54) is 26.1 Å². The summed E-state index contributed by atoms with van der Waals surface area (Å²) in [6.07, 6.45) is -1.23. The first-order valence-corrected chi connectivity index (χ1v) is 8.12. The van der Waals surface area contributed by atoms with Crippen LogP contribution in [0.25, 0.3) is 0 Å². The summed E-state index contributed by atoms with van der Waals surface area (Å²) in [5.74, 6) is -1.51. The molecular formula is C14H19NO5S. The number of benzene rings is 1. The Bertz CT molecular complexity index is 607. The van der Waals surface area contributed by atoms with Crippen molar-refractivity contribution in [3.05, 3.63) is 29.8 Å². The predicted molar refractivity (Wildman–Crippen MR) is 77.5 cm³/mol. The molecule has 0 saturated carbocycles. The zero-order valence-corrected chi connectivity index (χ0v) is 13.1. The Balaban J connectivity index is 2.59. The van der Waals surface area contributed by atoms with Crippen molar-refractivity contribution >= 4 is 21.7 Å². The molecule has 0 aromatic heterocycles. The second-order valence-corrected chi connectivity index (χ2v) is 6.74. The molecule has 1 atom stereocenters. The van der Waals surface area contributed by atoms with Crippen molar-refractivity contribution in [2.75, 3.05) is 12.8 Å². The Morgan fingerprint density at radius 3 is 2.33 bits per heavy atom. The van der Waals surface area contributed by atoms with E-state index < -0.39 is 27.8 Å². The Morgan fingerprint density at radius 1 is 1.24 bits per heavy atom. The van der Waals surface area contributed by atoms with E-state index in [9.17, 15) is 18.0 Å². The van der Waals surface area contributed by atoms with Crippen LogP contribution < -0.4 is 5.32 Å². The number of sulfone groups is 1. The number of esters is 1. The van der Waals surface area contributed by atoms with Gasteiger partial charge in [-0.15, -0.1) is 0 Å². The van der Waals surface area contributed by atoms with Gasteiger partial charge in [-0.2, -0.15) is 0 Å². The molecule has 1 rings (SSSR count). The van der Waals surface area contributed by atoms with Crippen molar-refractivity contribution in [1.82, 2.24) is 5.32 Å². The third-order valence-electron chi connectivity index (χ3n) is 2.88. The fraction of sp³-hybridized carbons (Fsp3) is 0.429. The summed E-state index contributed by atoms with van der Waals surface area (Å²) < 4.78 is 28.9. The fourth-order valence-electron chi connectivity index (χ4n) is 1.59. The number of aryl methyl sites for hydroxylation is 1. The van der Waals surface area contributed by atoms with Crippen molar-refractivity contribution in [3.8, 4) is 0 Å². The van der Waals surface area contributed by atoms with E-state index in [-0.39, 0.29) is 17.1 Å². The van der Waals surface area contributed by atoms with Crippen molar-refractivity contribution in [1.29, 1.82) is 0 Å². The lowest BCUT2D eigenvalue weighted by Gasteiger charge is -2.11. The Kier molecular flexibility index (Phi) is 5.90. The summed E-state index contributed by atoms with van der Waals surface area (Å²) >= 11 is 0. The number of ether oxygens (including phenoxy) is 1. The minimum Gasteiger partial charge on any atom is -0.453 e. The van der Waals surface area contributed by atoms with Gasteiger partial charge in [-0.3, -0.25) is 9.59 Å². The number of amides is 1. The number of carbonyl (C=O) groups is 2. The van der Waals surface area contributed by atoms with Gasteiger partial charge < -0.3 is 10.1 Å². The molecule has 0 aliphatic rings. The van der Waals surface area contributed by atoms with Crippen molar-refractivity contribution in [2.24, 2.45) is 0 Å². The normalized spacial score (nSPS) is 12.5. The molecule has 1 aromatic carbocycles. The first-order valence-electron chi connectivity index (χ1n) is 6.47. The van der Waals surface area contributed by atoms with Gasteiger partial charge in [-0.1, -0.05) is 17.7 Å². The summed E-state index contributed by atoms with van der Waals surface area (Å²) in [6.45, 7) is 3.28. The number of hydrogen-bond donors (Lipinski definition) is 1. The van der Waals surface area contributed by atoms with Crippen LogP contribution in [0.3, 0.4) is 0 Å². The lowest BCUT2D eigenvalue weighted by Crippen LogP contribution is -2.33. The molecule has 0 spiro atoms. The number of likely N-dealkylation sites (N-methyl/N-ethyl adjacent to an activating group) is 1. The molecule has 1 N–H and O–H groups in total. The molecule has 7 heteroatoms. The molecule has 0 aliphatic carbocycles. The van der Waals surface area contributed by atoms with E-state index in [2.05, 4.69) is 5.32 Å². The molecule has 1 amide bonds. The fourth-order valence-corrected chi connectivity index (χ4v) is 2.82. The summed E-state index contributed by atoms with van der Waals surface area (Å²) in [5.41, 5.74) is 0.952. The van der Waals surface area contributed by atoms with Crippen LogP contribution >= 0.6 is 0 Å². The van der Waals surface area contributed by atoms with Gasteiger partial charge in [-0.05, 0) is 26.0 Å². The molecule has 116 valence electrons. The van der Waals surface area contributed by atoms with Crippen molar-refractivity contribution in [2.45, 2.75) is 31.3 Å². The molecule has 0 unspecified atom stereocenters. The van der Waals surface area contributed by atoms with E-state index in [0.717, 1.165) is 5.56 Å². The zero-order valence-electron chi connectivity index (χ0n) is 12.3. The van der Waals surface area contributed by atoms with Gasteiger partial charge in [0.1, 0.15) is 0 Å². The highest BCUT2D eigenvalue weighted by atomic mass is 32.2. The third kappa shape index (κ3) is 5.18. The summed E-state index contributed by atoms with van der Waals surface area (Å²) in [4.78, 5) is 22.9. The number of carbonyl (C=O) groups excluding carboxylic acids is 2. The Labute approximate surface area is 124 Å². The third-order valence-corrected chi connectivity index (χ3v) is 4.61. The van der Waals surface area contributed by atoms with E-state index in [0.29, 0.717) is 0 Å². The summed E-state index contributed by atoms with van der Waals surface area (Å²) in [6, 6.07) is 6.39. The molecule has 0 bridgehead atoms. The molecule has 0 heterocycles. The monoisotopic (exact) mass is 313 g/mol. The van der Waals surface area contributed by atoms with Crippen LogP contribution in [-0.2, 0) is 24.2 Å². The molecule has 21 heavy (non-hydrogen) atoms. The van der Waals surface area contributed by atoms with E-state index in [1.54, 1.807) is 12.1 Å². The van der Waals surface area contributed by atoms with Crippen molar-refractivity contribution in [3.63, 3.8) is 0 Å². The molecule has 0 radical (unpaired) electrons. The van der Waals surface area contributed by atoms with Crippen LogP contribution in [0.2, 0.25) is 0 Å². The van der Waals surface area contributed by atoms with Crippen LogP contribution in [-0.4, -0.2) is 39.2 Å². The molecule has 0 fully saturated rings. The lowest BCUT2D eigenvalue weighted by atomic mass is 10.2. The first-order chi connectivity index (χ1) is 9.76. The highest BCUT2D eigenvalue weighted by Crippen LogP contribution is 2.13. The van der Waals surface area contributed by atoms with Crippen LogP contribution in [0.1, 0.15) is 18.9 Å². The Hall–Kier alpha value is -1.89. The second-order valence-electron chi connectivity index (χ2n) is 4.63.